The van der Waals surface area contributed by atoms with Gasteiger partial charge in [-0.15, -0.1) is 0 Å². The smallest absolute Gasteiger partial charge is 0.326 e. The van der Waals surface area contributed by atoms with Crippen molar-refractivity contribution in [2.75, 3.05) is 33.5 Å². The molecule has 0 heterocycles. The van der Waals surface area contributed by atoms with E-state index in [4.69, 9.17) is 4.74 Å². The van der Waals surface area contributed by atoms with Crippen molar-refractivity contribution in [3.63, 3.8) is 0 Å². The second-order valence-corrected chi connectivity index (χ2v) is 19.1. The zero-order chi connectivity index (χ0) is 53.9. The molecule has 0 radical (unpaired) electrons. The molecular formula is C62H60N8O7. The van der Waals surface area contributed by atoms with Crippen LogP contribution in [0.15, 0.2) is 152 Å². The van der Waals surface area contributed by atoms with Gasteiger partial charge in [-0.05, 0) is 157 Å². The number of urea groups is 2. The molecule has 15 heteroatoms. The Balaban J connectivity index is 0.782. The first-order chi connectivity index (χ1) is 37.5. The summed E-state index contributed by atoms with van der Waals surface area (Å²) in [7, 11) is 0. The molecule has 4 N–H and O–H groups in total. The predicted molar refractivity (Wildman–Crippen MR) is 296 cm³/mol. The van der Waals surface area contributed by atoms with Gasteiger partial charge in [-0.1, -0.05) is 86.0 Å². The van der Waals surface area contributed by atoms with E-state index in [1.807, 2.05) is 36.4 Å². The van der Waals surface area contributed by atoms with Gasteiger partial charge in [-0.3, -0.25) is 29.0 Å². The number of benzene rings is 6. The van der Waals surface area contributed by atoms with Gasteiger partial charge in [0, 0.05) is 47.0 Å². The molecule has 77 heavy (non-hydrogen) atoms. The monoisotopic (exact) mass is 1030 g/mol. The summed E-state index contributed by atoms with van der Waals surface area (Å²) in [6.07, 6.45) is 12.1. The lowest BCUT2D eigenvalue weighted by Crippen LogP contribution is -2.34. The number of nitriles is 2. The Labute approximate surface area is 448 Å². The third-order valence-electron chi connectivity index (χ3n) is 13.7. The maximum Gasteiger partial charge on any atom is 0.326 e. The number of nitrogens with zero attached hydrogens (tertiary/aromatic N) is 4. The molecule has 0 bridgehead atoms. The van der Waals surface area contributed by atoms with Crippen molar-refractivity contribution < 1.29 is 33.5 Å². The van der Waals surface area contributed by atoms with E-state index in [9.17, 15) is 39.3 Å². The van der Waals surface area contributed by atoms with Crippen molar-refractivity contribution in [3.8, 4) is 12.1 Å². The summed E-state index contributed by atoms with van der Waals surface area (Å²) < 4.78 is 4.93. The van der Waals surface area contributed by atoms with Gasteiger partial charge in [0.1, 0.15) is 0 Å². The van der Waals surface area contributed by atoms with E-state index in [2.05, 4.69) is 51.6 Å². The Kier molecular flexibility index (Phi) is 18.7. The lowest BCUT2D eigenvalue weighted by molar-refractivity contribution is -0.159. The number of hydrogen-bond acceptors (Lipinski definition) is 9. The van der Waals surface area contributed by atoms with Crippen molar-refractivity contribution in [2.24, 2.45) is 0 Å². The number of carbonyl (C=O) groups excluding carboxylic acids is 6. The van der Waals surface area contributed by atoms with Gasteiger partial charge in [-0.25, -0.2) is 9.59 Å². The van der Waals surface area contributed by atoms with Crippen LogP contribution in [0.3, 0.4) is 0 Å². The summed E-state index contributed by atoms with van der Waals surface area (Å²) in [6, 6.07) is 46.2. The Morgan fingerprint density at radius 1 is 0.545 bits per heavy atom. The predicted octanol–water partition coefficient (Wildman–Crippen LogP) is 11.9. The topological polar surface area (TPSA) is 214 Å². The van der Waals surface area contributed by atoms with Crippen molar-refractivity contribution in [1.29, 1.82) is 10.5 Å². The summed E-state index contributed by atoms with van der Waals surface area (Å²) in [6.45, 7) is 0.163. The van der Waals surface area contributed by atoms with Gasteiger partial charge in [0.05, 0.1) is 49.2 Å². The van der Waals surface area contributed by atoms with Crippen molar-refractivity contribution >= 4 is 64.1 Å². The van der Waals surface area contributed by atoms with E-state index in [1.54, 1.807) is 107 Å². The molecule has 15 nitrogen and oxygen atoms in total. The van der Waals surface area contributed by atoms with Gasteiger partial charge in [-0.2, -0.15) is 10.5 Å². The van der Waals surface area contributed by atoms with E-state index < -0.39 is 29.8 Å². The molecule has 0 atom stereocenters. The Hall–Kier alpha value is -9.34. The number of anilines is 4. The second-order valence-electron chi connectivity index (χ2n) is 19.1. The third kappa shape index (κ3) is 15.4. The maximum atomic E-state index is 13.8. The zero-order valence-corrected chi connectivity index (χ0v) is 42.8. The van der Waals surface area contributed by atoms with Crippen LogP contribution in [-0.4, -0.2) is 48.9 Å². The molecule has 0 saturated heterocycles. The lowest BCUT2D eigenvalue weighted by Gasteiger charge is -2.26. The number of nitrogens with one attached hydrogen (secondary N) is 4. The van der Waals surface area contributed by atoms with Crippen LogP contribution in [0.2, 0.25) is 0 Å². The summed E-state index contributed by atoms with van der Waals surface area (Å²) in [5.41, 5.74) is 8.95. The SMILES string of the molecule is N#Cc1cccc(NC(=O)N(Cc2ccc(C(=O)NCCC(=O)OC(=O)CCNC(=O)c3ccc(CN(C(=O)Nc4cccc(C#N)c4)c4ccc(C5CCCCC5)cc4)cc3)cc2)c2ccc(C3=CCCCC3)cc2)c1. The first kappa shape index (κ1) is 53.9. The van der Waals surface area contributed by atoms with Crippen LogP contribution in [0, 0.1) is 22.7 Å². The molecule has 390 valence electrons. The summed E-state index contributed by atoms with van der Waals surface area (Å²) in [5, 5.41) is 29.9. The minimum absolute atomic E-state index is 0.0966. The molecule has 0 aromatic heterocycles. The Morgan fingerprint density at radius 2 is 1.03 bits per heavy atom. The van der Waals surface area contributed by atoms with E-state index in [0.29, 0.717) is 50.9 Å². The van der Waals surface area contributed by atoms with Gasteiger partial charge >= 0.3 is 24.0 Å². The average Bonchev–Trinajstić information content (AvgIpc) is 3.46. The van der Waals surface area contributed by atoms with Crippen LogP contribution in [-0.2, 0) is 27.4 Å². The van der Waals surface area contributed by atoms with Crippen LogP contribution < -0.4 is 31.1 Å². The highest BCUT2D eigenvalue weighted by Crippen LogP contribution is 2.34. The highest BCUT2D eigenvalue weighted by atomic mass is 16.6. The molecule has 1 saturated carbocycles. The quantitative estimate of drug-likeness (QED) is 0.0475. The van der Waals surface area contributed by atoms with E-state index in [1.165, 1.54) is 36.8 Å². The van der Waals surface area contributed by atoms with E-state index >= 15 is 0 Å². The number of rotatable bonds is 18. The van der Waals surface area contributed by atoms with Gasteiger partial charge in [0.2, 0.25) is 0 Å². The first-order valence-electron chi connectivity index (χ1n) is 26.1. The molecule has 6 aromatic rings. The number of allylic oxidation sites excluding steroid dienone is 2. The molecule has 2 aliphatic rings. The van der Waals surface area contributed by atoms with E-state index in [0.717, 1.165) is 48.8 Å². The first-order valence-corrected chi connectivity index (χ1v) is 26.1. The summed E-state index contributed by atoms with van der Waals surface area (Å²) in [4.78, 5) is 81.9. The Bertz CT molecular complexity index is 3190. The number of ether oxygens (including phenoxy) is 1. The minimum Gasteiger partial charge on any atom is -0.393 e. The molecule has 8 rings (SSSR count). The van der Waals surface area contributed by atoms with E-state index in [-0.39, 0.29) is 45.1 Å². The summed E-state index contributed by atoms with van der Waals surface area (Å²) >= 11 is 0. The standard InChI is InChI=1S/C62H60N8O7/c63-39-45-9-7-15-53(37-45)67-61(75)69(55-29-25-49(26-30-55)47-11-3-1-4-12-47)41-43-17-21-51(22-18-43)59(73)65-35-33-57(71)77-58(72)34-36-66-60(74)52-23-19-44(20-24-52)42-70(62(76)68-54-16-8-10-46(38-54)40-64)56-31-27-50(28-32-56)48-13-5-2-6-14-48/h7-11,15-32,37-38,48H,1-6,12-14,33-36,41-42H2,(H,65,73)(H,66,74)(H,67,75)(H,68,76). The van der Waals surface area contributed by atoms with Crippen LogP contribution in [0.4, 0.5) is 32.3 Å². The maximum absolute atomic E-state index is 13.8. The largest absolute Gasteiger partial charge is 0.393 e. The molecule has 0 spiro atoms. The normalized spacial score (nSPS) is 13.1. The highest BCUT2D eigenvalue weighted by molar-refractivity contribution is 6.03. The molecule has 0 aliphatic heterocycles. The molecular weight excluding hydrogens is 969 g/mol. The van der Waals surface area contributed by atoms with Gasteiger partial charge < -0.3 is 26.0 Å². The fourth-order valence-electron chi connectivity index (χ4n) is 9.47. The summed E-state index contributed by atoms with van der Waals surface area (Å²) in [5.74, 6) is -2.08. The average molecular weight is 1030 g/mol. The zero-order valence-electron chi connectivity index (χ0n) is 42.8. The fraction of sp³-hybridized carbons (Fsp3) is 0.258. The highest BCUT2D eigenvalue weighted by Gasteiger charge is 2.22. The van der Waals surface area contributed by atoms with Crippen molar-refractivity contribution in [2.45, 2.75) is 89.6 Å². The van der Waals surface area contributed by atoms with Crippen molar-refractivity contribution in [1.82, 2.24) is 10.6 Å². The van der Waals surface area contributed by atoms with Crippen LogP contribution in [0.25, 0.3) is 5.57 Å². The molecule has 6 aromatic carbocycles. The number of hydrogen-bond donors (Lipinski definition) is 4. The molecule has 6 amide bonds. The third-order valence-corrected chi connectivity index (χ3v) is 13.7. The molecule has 2 aliphatic carbocycles. The number of carbonyl (C=O) groups is 6. The molecule has 1 fully saturated rings. The number of esters is 2. The van der Waals surface area contributed by atoms with Crippen LogP contribution in [0.5, 0.6) is 0 Å². The minimum atomic E-state index is -0.840. The van der Waals surface area contributed by atoms with Crippen LogP contribution >= 0.6 is 0 Å². The fourth-order valence-corrected chi connectivity index (χ4v) is 9.47. The van der Waals surface area contributed by atoms with Crippen LogP contribution in [0.1, 0.15) is 131 Å². The Morgan fingerprint density at radius 3 is 1.48 bits per heavy atom. The van der Waals surface area contributed by atoms with Gasteiger partial charge in [0.25, 0.3) is 11.8 Å². The second kappa shape index (κ2) is 26.7. The van der Waals surface area contributed by atoms with Crippen molar-refractivity contribution in [3.05, 3.63) is 196 Å². The molecule has 0 unspecified atom stereocenters. The number of amides is 6. The lowest BCUT2D eigenvalue weighted by atomic mass is 9.84. The van der Waals surface area contributed by atoms with Gasteiger partial charge in [0.15, 0.2) is 0 Å².